The molecular formula is C16H16O5. The monoisotopic (exact) mass is 288 g/mol. The van der Waals surface area contributed by atoms with E-state index in [1.165, 1.54) is 13.2 Å². The number of carbonyl (C=O) groups is 1. The Morgan fingerprint density at radius 2 is 1.90 bits per heavy atom. The maximum atomic E-state index is 11.2. The molecule has 21 heavy (non-hydrogen) atoms. The van der Waals surface area contributed by atoms with Crippen molar-refractivity contribution in [3.05, 3.63) is 59.2 Å². The molecule has 0 unspecified atom stereocenters. The summed E-state index contributed by atoms with van der Waals surface area (Å²) in [4.78, 5) is 11.2. The van der Waals surface area contributed by atoms with Crippen molar-refractivity contribution in [2.24, 2.45) is 0 Å². The molecule has 110 valence electrons. The van der Waals surface area contributed by atoms with Gasteiger partial charge < -0.3 is 19.7 Å². The van der Waals surface area contributed by atoms with E-state index in [0.717, 1.165) is 0 Å². The lowest BCUT2D eigenvalue weighted by Crippen LogP contribution is -2.04. The van der Waals surface area contributed by atoms with Crippen LogP contribution in [0.15, 0.2) is 42.5 Å². The van der Waals surface area contributed by atoms with Crippen LogP contribution in [0.2, 0.25) is 0 Å². The van der Waals surface area contributed by atoms with Gasteiger partial charge in [-0.05, 0) is 23.8 Å². The predicted octanol–water partition coefficient (Wildman–Crippen LogP) is 2.46. The van der Waals surface area contributed by atoms with Gasteiger partial charge in [0.1, 0.15) is 23.7 Å². The van der Waals surface area contributed by atoms with E-state index < -0.39 is 5.97 Å². The largest absolute Gasteiger partial charge is 0.496 e. The molecule has 0 heterocycles. The average Bonchev–Trinajstić information content (AvgIpc) is 2.52. The molecule has 2 aromatic rings. The fourth-order valence-electron chi connectivity index (χ4n) is 1.95. The maximum Gasteiger partial charge on any atom is 0.339 e. The van der Waals surface area contributed by atoms with Crippen LogP contribution in [0.3, 0.4) is 0 Å². The number of carboxylic acid groups (broad SMARTS) is 1. The smallest absolute Gasteiger partial charge is 0.339 e. The molecule has 0 bridgehead atoms. The lowest BCUT2D eigenvalue weighted by Gasteiger charge is -2.11. The fraction of sp³-hybridized carbons (Fsp3) is 0.188. The second-order valence-corrected chi connectivity index (χ2v) is 4.39. The molecule has 0 amide bonds. The minimum atomic E-state index is -1.05. The van der Waals surface area contributed by atoms with E-state index in [4.69, 9.17) is 14.6 Å². The minimum absolute atomic E-state index is 0.0917. The van der Waals surface area contributed by atoms with Gasteiger partial charge in [0.25, 0.3) is 0 Å². The van der Waals surface area contributed by atoms with E-state index in [1.54, 1.807) is 24.3 Å². The minimum Gasteiger partial charge on any atom is -0.496 e. The summed E-state index contributed by atoms with van der Waals surface area (Å²) < 4.78 is 10.6. The first-order chi connectivity index (χ1) is 10.2. The van der Waals surface area contributed by atoms with Crippen LogP contribution in [0.1, 0.15) is 21.5 Å². The van der Waals surface area contributed by atoms with Crippen molar-refractivity contribution in [2.45, 2.75) is 13.2 Å². The number of hydrogen-bond donors (Lipinski definition) is 2. The molecule has 5 nitrogen and oxygen atoms in total. The topological polar surface area (TPSA) is 76.0 Å². The van der Waals surface area contributed by atoms with Crippen molar-refractivity contribution < 1.29 is 24.5 Å². The van der Waals surface area contributed by atoms with Gasteiger partial charge in [0.05, 0.1) is 13.7 Å². The third-order valence-corrected chi connectivity index (χ3v) is 3.03. The molecule has 0 spiro atoms. The molecule has 0 aliphatic carbocycles. The van der Waals surface area contributed by atoms with Gasteiger partial charge in [0, 0.05) is 5.56 Å². The van der Waals surface area contributed by atoms with Gasteiger partial charge in [-0.1, -0.05) is 24.3 Å². The summed E-state index contributed by atoms with van der Waals surface area (Å²) in [5.41, 5.74) is 1.49. The molecular weight excluding hydrogens is 272 g/mol. The SMILES string of the molecule is COc1ccc(COc2ccccc2CO)cc1C(=O)O. The Balaban J connectivity index is 2.17. The molecule has 0 atom stereocenters. The van der Waals surface area contributed by atoms with Crippen LogP contribution in [0, 0.1) is 0 Å². The van der Waals surface area contributed by atoms with Crippen molar-refractivity contribution in [3.63, 3.8) is 0 Å². The second kappa shape index (κ2) is 6.76. The van der Waals surface area contributed by atoms with Gasteiger partial charge in [-0.3, -0.25) is 0 Å². The van der Waals surface area contributed by atoms with Crippen LogP contribution in [0.4, 0.5) is 0 Å². The van der Waals surface area contributed by atoms with Gasteiger partial charge in [-0.15, -0.1) is 0 Å². The molecule has 0 saturated heterocycles. The Morgan fingerprint density at radius 1 is 1.14 bits per heavy atom. The van der Waals surface area contributed by atoms with Crippen LogP contribution < -0.4 is 9.47 Å². The zero-order valence-corrected chi connectivity index (χ0v) is 11.6. The summed E-state index contributed by atoms with van der Waals surface area (Å²) in [6, 6.07) is 12.0. The Hall–Kier alpha value is -2.53. The lowest BCUT2D eigenvalue weighted by atomic mass is 10.1. The Morgan fingerprint density at radius 3 is 2.57 bits per heavy atom. The summed E-state index contributed by atoms with van der Waals surface area (Å²) in [5, 5.41) is 18.4. The number of ether oxygens (including phenoxy) is 2. The number of benzene rings is 2. The first-order valence-electron chi connectivity index (χ1n) is 6.37. The van der Waals surface area contributed by atoms with E-state index in [9.17, 15) is 9.90 Å². The molecule has 2 N–H and O–H groups in total. The third kappa shape index (κ3) is 3.52. The maximum absolute atomic E-state index is 11.2. The third-order valence-electron chi connectivity index (χ3n) is 3.03. The molecule has 2 aromatic carbocycles. The van der Waals surface area contributed by atoms with E-state index >= 15 is 0 Å². The number of aliphatic hydroxyl groups is 1. The number of rotatable bonds is 6. The fourth-order valence-corrected chi connectivity index (χ4v) is 1.95. The van der Waals surface area contributed by atoms with Crippen LogP contribution in [0.25, 0.3) is 0 Å². The average molecular weight is 288 g/mol. The zero-order chi connectivity index (χ0) is 15.2. The summed E-state index contributed by atoms with van der Waals surface area (Å²) in [5.74, 6) is -0.167. The molecule has 0 saturated carbocycles. The van der Waals surface area contributed by atoms with Gasteiger partial charge in [0.15, 0.2) is 0 Å². The number of aromatic carboxylic acids is 1. The van der Waals surface area contributed by atoms with Gasteiger partial charge >= 0.3 is 5.97 Å². The predicted molar refractivity (Wildman–Crippen MR) is 76.7 cm³/mol. The summed E-state index contributed by atoms with van der Waals surface area (Å²) in [7, 11) is 1.43. The van der Waals surface area contributed by atoms with Crippen molar-refractivity contribution in [2.75, 3.05) is 7.11 Å². The molecule has 5 heteroatoms. The van der Waals surface area contributed by atoms with E-state index in [0.29, 0.717) is 22.6 Å². The van der Waals surface area contributed by atoms with E-state index in [-0.39, 0.29) is 18.8 Å². The highest BCUT2D eigenvalue weighted by Gasteiger charge is 2.12. The van der Waals surface area contributed by atoms with Crippen molar-refractivity contribution >= 4 is 5.97 Å². The summed E-state index contributed by atoms with van der Waals surface area (Å²) in [6.45, 7) is 0.0977. The van der Waals surface area contributed by atoms with Crippen LogP contribution in [0.5, 0.6) is 11.5 Å². The first-order valence-corrected chi connectivity index (χ1v) is 6.37. The van der Waals surface area contributed by atoms with E-state index in [2.05, 4.69) is 0 Å². The molecule has 0 aliphatic heterocycles. The molecule has 0 aliphatic rings. The quantitative estimate of drug-likeness (QED) is 0.854. The second-order valence-electron chi connectivity index (χ2n) is 4.39. The summed E-state index contributed by atoms with van der Waals surface area (Å²) in [6.07, 6.45) is 0. The number of para-hydroxylation sites is 1. The highest BCUT2D eigenvalue weighted by atomic mass is 16.5. The van der Waals surface area contributed by atoms with Crippen molar-refractivity contribution in [1.82, 2.24) is 0 Å². The summed E-state index contributed by atoms with van der Waals surface area (Å²) >= 11 is 0. The van der Waals surface area contributed by atoms with Crippen LogP contribution >= 0.6 is 0 Å². The number of hydrogen-bond acceptors (Lipinski definition) is 4. The number of methoxy groups -OCH3 is 1. The van der Waals surface area contributed by atoms with Crippen LogP contribution in [-0.4, -0.2) is 23.3 Å². The standard InChI is InChI=1S/C16H16O5/c1-20-15-7-6-11(8-13(15)16(18)19)10-21-14-5-3-2-4-12(14)9-17/h2-8,17H,9-10H2,1H3,(H,18,19). The van der Waals surface area contributed by atoms with Crippen molar-refractivity contribution in [3.8, 4) is 11.5 Å². The highest BCUT2D eigenvalue weighted by molar-refractivity contribution is 5.91. The molecule has 0 radical (unpaired) electrons. The molecule has 2 rings (SSSR count). The van der Waals surface area contributed by atoms with Crippen molar-refractivity contribution in [1.29, 1.82) is 0 Å². The normalized spacial score (nSPS) is 10.2. The van der Waals surface area contributed by atoms with Crippen LogP contribution in [-0.2, 0) is 13.2 Å². The zero-order valence-electron chi connectivity index (χ0n) is 11.6. The Bertz CT molecular complexity index is 636. The van der Waals surface area contributed by atoms with E-state index in [1.807, 2.05) is 12.1 Å². The van der Waals surface area contributed by atoms with Gasteiger partial charge in [-0.2, -0.15) is 0 Å². The lowest BCUT2D eigenvalue weighted by molar-refractivity contribution is 0.0693. The van der Waals surface area contributed by atoms with Gasteiger partial charge in [0.2, 0.25) is 0 Å². The Labute approximate surface area is 122 Å². The number of carboxylic acids is 1. The number of aliphatic hydroxyl groups excluding tert-OH is 1. The Kier molecular flexibility index (Phi) is 4.79. The first kappa shape index (κ1) is 14.9. The highest BCUT2D eigenvalue weighted by Crippen LogP contribution is 2.22. The molecule has 0 fully saturated rings. The van der Waals surface area contributed by atoms with Gasteiger partial charge in [-0.25, -0.2) is 4.79 Å². The molecule has 0 aromatic heterocycles.